The summed E-state index contributed by atoms with van der Waals surface area (Å²) in [5.41, 5.74) is 8.71. The van der Waals surface area contributed by atoms with Crippen molar-refractivity contribution >= 4 is 5.91 Å². The average Bonchev–Trinajstić information content (AvgIpc) is 2.86. The van der Waals surface area contributed by atoms with Crippen LogP contribution in [0.5, 0.6) is 0 Å². The molecule has 102 valence electrons. The molecule has 1 fully saturated rings. The van der Waals surface area contributed by atoms with E-state index in [-0.39, 0.29) is 11.9 Å². The Morgan fingerprint density at radius 2 is 2.16 bits per heavy atom. The smallest absolute Gasteiger partial charge is 0.223 e. The summed E-state index contributed by atoms with van der Waals surface area (Å²) in [6, 6.07) is 8.78. The fourth-order valence-corrected chi connectivity index (χ4v) is 3.42. The van der Waals surface area contributed by atoms with Gasteiger partial charge in [-0.25, -0.2) is 0 Å². The largest absolute Gasteiger partial charge is 0.341 e. The van der Waals surface area contributed by atoms with E-state index < -0.39 is 0 Å². The zero-order chi connectivity index (χ0) is 13.2. The Morgan fingerprint density at radius 3 is 2.95 bits per heavy atom. The van der Waals surface area contributed by atoms with Crippen LogP contribution in [0.15, 0.2) is 24.3 Å². The van der Waals surface area contributed by atoms with Crippen LogP contribution in [-0.2, 0) is 11.2 Å². The Bertz CT molecular complexity index is 472. The maximum Gasteiger partial charge on any atom is 0.223 e. The maximum absolute atomic E-state index is 12.3. The van der Waals surface area contributed by atoms with E-state index in [4.69, 9.17) is 5.73 Å². The number of hydrogen-bond donors (Lipinski definition) is 1. The molecule has 2 N–H and O–H groups in total. The number of fused-ring (bicyclic) bond motifs is 1. The highest BCUT2D eigenvalue weighted by atomic mass is 16.2. The topological polar surface area (TPSA) is 46.3 Å². The molecule has 2 atom stereocenters. The molecule has 0 radical (unpaired) electrons. The zero-order valence-electron chi connectivity index (χ0n) is 11.3. The highest BCUT2D eigenvalue weighted by Crippen LogP contribution is 2.34. The van der Waals surface area contributed by atoms with E-state index in [1.165, 1.54) is 17.5 Å². The van der Waals surface area contributed by atoms with Crippen LogP contribution in [0.4, 0.5) is 0 Å². The SMILES string of the molecule is N[C@@H]1CCN(C(=O)CC2CCCc3ccccc32)C1. The summed E-state index contributed by atoms with van der Waals surface area (Å²) in [6.07, 6.45) is 5.11. The monoisotopic (exact) mass is 258 g/mol. The van der Waals surface area contributed by atoms with Crippen molar-refractivity contribution in [2.75, 3.05) is 13.1 Å². The van der Waals surface area contributed by atoms with E-state index in [0.717, 1.165) is 32.4 Å². The van der Waals surface area contributed by atoms with Gasteiger partial charge >= 0.3 is 0 Å². The van der Waals surface area contributed by atoms with E-state index in [2.05, 4.69) is 24.3 Å². The predicted octanol–water partition coefficient (Wildman–Crippen LogP) is 2.06. The minimum absolute atomic E-state index is 0.183. The highest BCUT2D eigenvalue weighted by molar-refractivity contribution is 5.77. The number of hydrogen-bond acceptors (Lipinski definition) is 2. The van der Waals surface area contributed by atoms with Crippen molar-refractivity contribution in [1.29, 1.82) is 0 Å². The van der Waals surface area contributed by atoms with Gasteiger partial charge in [-0.3, -0.25) is 4.79 Å². The molecule has 1 aromatic carbocycles. The van der Waals surface area contributed by atoms with Crippen molar-refractivity contribution in [3.8, 4) is 0 Å². The summed E-state index contributed by atoms with van der Waals surface area (Å²) >= 11 is 0. The lowest BCUT2D eigenvalue weighted by molar-refractivity contribution is -0.130. The van der Waals surface area contributed by atoms with Gasteiger partial charge in [0.25, 0.3) is 0 Å². The number of nitrogens with two attached hydrogens (primary N) is 1. The normalized spacial score (nSPS) is 26.3. The van der Waals surface area contributed by atoms with Crippen LogP contribution in [0.1, 0.15) is 42.7 Å². The van der Waals surface area contributed by atoms with Crippen molar-refractivity contribution in [2.24, 2.45) is 5.73 Å². The van der Waals surface area contributed by atoms with Gasteiger partial charge < -0.3 is 10.6 Å². The number of amides is 1. The van der Waals surface area contributed by atoms with Crippen LogP contribution < -0.4 is 5.73 Å². The minimum Gasteiger partial charge on any atom is -0.341 e. The molecular weight excluding hydrogens is 236 g/mol. The van der Waals surface area contributed by atoms with Gasteiger partial charge in [-0.15, -0.1) is 0 Å². The fraction of sp³-hybridized carbons (Fsp3) is 0.562. The van der Waals surface area contributed by atoms with Crippen LogP contribution in [0, 0.1) is 0 Å². The first-order valence-electron chi connectivity index (χ1n) is 7.35. The van der Waals surface area contributed by atoms with Crippen LogP contribution >= 0.6 is 0 Å². The molecule has 1 amide bonds. The first kappa shape index (κ1) is 12.7. The summed E-state index contributed by atoms with van der Waals surface area (Å²) in [5.74, 6) is 0.698. The molecule has 3 heteroatoms. The molecule has 3 nitrogen and oxygen atoms in total. The van der Waals surface area contributed by atoms with Crippen molar-refractivity contribution in [2.45, 2.75) is 44.1 Å². The molecule has 0 spiro atoms. The number of carbonyl (C=O) groups excluding carboxylic acids is 1. The molecular formula is C16H22N2O. The van der Waals surface area contributed by atoms with Crippen molar-refractivity contribution in [1.82, 2.24) is 4.90 Å². The van der Waals surface area contributed by atoms with E-state index in [0.29, 0.717) is 12.3 Å². The number of aryl methyl sites for hydroxylation is 1. The minimum atomic E-state index is 0.183. The molecule has 0 aromatic heterocycles. The first-order valence-corrected chi connectivity index (χ1v) is 7.35. The summed E-state index contributed by atoms with van der Waals surface area (Å²) in [7, 11) is 0. The molecule has 3 rings (SSSR count). The van der Waals surface area contributed by atoms with Gasteiger partial charge in [0, 0.05) is 25.6 Å². The van der Waals surface area contributed by atoms with Crippen molar-refractivity contribution in [3.63, 3.8) is 0 Å². The Morgan fingerprint density at radius 1 is 1.32 bits per heavy atom. The highest BCUT2D eigenvalue weighted by Gasteiger charge is 2.28. The van der Waals surface area contributed by atoms with E-state index in [1.54, 1.807) is 0 Å². The van der Waals surface area contributed by atoms with Gasteiger partial charge in [-0.2, -0.15) is 0 Å². The zero-order valence-corrected chi connectivity index (χ0v) is 11.3. The quantitative estimate of drug-likeness (QED) is 0.882. The lowest BCUT2D eigenvalue weighted by Gasteiger charge is -2.27. The number of rotatable bonds is 2. The number of benzene rings is 1. The second kappa shape index (κ2) is 5.33. The third kappa shape index (κ3) is 2.66. The fourth-order valence-electron chi connectivity index (χ4n) is 3.42. The Kier molecular flexibility index (Phi) is 3.56. The summed E-state index contributed by atoms with van der Waals surface area (Å²) in [6.45, 7) is 1.58. The van der Waals surface area contributed by atoms with Crippen molar-refractivity contribution < 1.29 is 4.79 Å². The van der Waals surface area contributed by atoms with Gasteiger partial charge in [-0.05, 0) is 42.7 Å². The standard InChI is InChI=1S/C16H22N2O/c17-14-8-9-18(11-14)16(19)10-13-6-3-5-12-4-1-2-7-15(12)13/h1-2,4,7,13-14H,3,5-6,8-11,17H2/t13?,14-/m1/s1. The van der Waals surface area contributed by atoms with Crippen molar-refractivity contribution in [3.05, 3.63) is 35.4 Å². The number of likely N-dealkylation sites (tertiary alicyclic amines) is 1. The molecule has 1 aromatic rings. The van der Waals surface area contributed by atoms with Gasteiger partial charge in [0.15, 0.2) is 0 Å². The molecule has 0 saturated carbocycles. The van der Waals surface area contributed by atoms with E-state index in [9.17, 15) is 4.79 Å². The van der Waals surface area contributed by atoms with Gasteiger partial charge in [0.1, 0.15) is 0 Å². The first-order chi connectivity index (χ1) is 9.24. The number of carbonyl (C=O) groups is 1. The number of nitrogens with zero attached hydrogens (tertiary/aromatic N) is 1. The van der Waals surface area contributed by atoms with Crippen LogP contribution in [-0.4, -0.2) is 29.9 Å². The molecule has 1 aliphatic heterocycles. The van der Waals surface area contributed by atoms with E-state index >= 15 is 0 Å². The second-order valence-electron chi connectivity index (χ2n) is 5.88. The Balaban J connectivity index is 1.69. The van der Waals surface area contributed by atoms with Crippen LogP contribution in [0.2, 0.25) is 0 Å². The summed E-state index contributed by atoms with van der Waals surface area (Å²) < 4.78 is 0. The van der Waals surface area contributed by atoms with Gasteiger partial charge in [-0.1, -0.05) is 24.3 Å². The summed E-state index contributed by atoms with van der Waals surface area (Å²) in [4.78, 5) is 14.3. The second-order valence-corrected chi connectivity index (χ2v) is 5.88. The molecule has 1 unspecified atom stereocenters. The maximum atomic E-state index is 12.3. The lowest BCUT2D eigenvalue weighted by atomic mass is 9.81. The molecule has 1 aliphatic carbocycles. The van der Waals surface area contributed by atoms with E-state index in [1.807, 2.05) is 4.90 Å². The van der Waals surface area contributed by atoms with Gasteiger partial charge in [0.05, 0.1) is 0 Å². The lowest BCUT2D eigenvalue weighted by Crippen LogP contribution is -2.33. The molecule has 1 saturated heterocycles. The van der Waals surface area contributed by atoms with Gasteiger partial charge in [0.2, 0.25) is 5.91 Å². The predicted molar refractivity (Wildman–Crippen MR) is 75.9 cm³/mol. The molecule has 0 bridgehead atoms. The molecule has 19 heavy (non-hydrogen) atoms. The Labute approximate surface area is 114 Å². The molecule has 2 aliphatic rings. The third-order valence-corrected chi connectivity index (χ3v) is 4.49. The molecule has 1 heterocycles. The average molecular weight is 258 g/mol. The summed E-state index contributed by atoms with van der Waals surface area (Å²) in [5, 5.41) is 0. The van der Waals surface area contributed by atoms with Crippen LogP contribution in [0.3, 0.4) is 0 Å². The Hall–Kier alpha value is -1.35. The third-order valence-electron chi connectivity index (χ3n) is 4.49. The van der Waals surface area contributed by atoms with Crippen LogP contribution in [0.25, 0.3) is 0 Å².